The molecule has 20 heavy (non-hydrogen) atoms. The molecule has 0 unspecified atom stereocenters. The molecule has 0 atom stereocenters. The largest absolute Gasteiger partial charge is 0.328 e. The Hall–Kier alpha value is -2.75. The minimum absolute atomic E-state index is 0.145. The summed E-state index contributed by atoms with van der Waals surface area (Å²) >= 11 is 0. The number of nitrogens with one attached hydrogen (secondary N) is 1. The van der Waals surface area contributed by atoms with E-state index in [1.165, 1.54) is 20.0 Å². The number of nitrogens with zero attached hydrogens (tertiary/aromatic N) is 2. The molecular weight excluding hydrogens is 268 g/mol. The van der Waals surface area contributed by atoms with Gasteiger partial charge in [0.1, 0.15) is 17.7 Å². The molecule has 0 fully saturated rings. The highest BCUT2D eigenvalue weighted by molar-refractivity contribution is 5.66. The molecule has 0 saturated heterocycles. The van der Waals surface area contributed by atoms with Crippen molar-refractivity contribution in [3.63, 3.8) is 0 Å². The smallest absolute Gasteiger partial charge is 0.300 e. The molecular formula is C13H9F2N3O2. The van der Waals surface area contributed by atoms with E-state index in [0.29, 0.717) is 6.07 Å². The van der Waals surface area contributed by atoms with Crippen LogP contribution in [0.4, 0.5) is 8.78 Å². The molecule has 2 aromatic rings. The summed E-state index contributed by atoms with van der Waals surface area (Å²) in [7, 11) is 1.40. The summed E-state index contributed by atoms with van der Waals surface area (Å²) in [5.41, 5.74) is -2.16. The van der Waals surface area contributed by atoms with Gasteiger partial charge in [0, 0.05) is 18.3 Å². The molecule has 0 bridgehead atoms. The first-order valence-electron chi connectivity index (χ1n) is 5.56. The lowest BCUT2D eigenvalue weighted by molar-refractivity contribution is 0.599. The molecule has 1 N–H and O–H groups in total. The number of halogens is 2. The lowest BCUT2D eigenvalue weighted by Gasteiger charge is -2.10. The standard InChI is InChI=1S/C13H9F2N3O2/c1-6-11(12(19)17-13(20)18(6)2)8-4-9(14)7(5-16)3-10(8)15/h3-4H,1-2H3,(H,17,19,20). The molecule has 1 heterocycles. The lowest BCUT2D eigenvalue weighted by Crippen LogP contribution is -2.31. The fourth-order valence-electron chi connectivity index (χ4n) is 1.87. The molecule has 0 aliphatic carbocycles. The highest BCUT2D eigenvalue weighted by Gasteiger charge is 2.18. The minimum atomic E-state index is -0.934. The highest BCUT2D eigenvalue weighted by Crippen LogP contribution is 2.24. The van der Waals surface area contributed by atoms with Gasteiger partial charge in [-0.05, 0) is 19.1 Å². The Morgan fingerprint density at radius 2 is 1.90 bits per heavy atom. The third-order valence-electron chi connectivity index (χ3n) is 3.06. The van der Waals surface area contributed by atoms with Gasteiger partial charge in [0.25, 0.3) is 5.56 Å². The van der Waals surface area contributed by atoms with E-state index < -0.39 is 28.4 Å². The van der Waals surface area contributed by atoms with Crippen molar-refractivity contribution < 1.29 is 8.78 Å². The molecule has 5 nitrogen and oxygen atoms in total. The molecule has 2 rings (SSSR count). The summed E-state index contributed by atoms with van der Waals surface area (Å²) in [6.45, 7) is 1.45. The van der Waals surface area contributed by atoms with Gasteiger partial charge in [-0.2, -0.15) is 5.26 Å². The predicted molar refractivity (Wildman–Crippen MR) is 67.1 cm³/mol. The molecule has 0 saturated carbocycles. The van der Waals surface area contributed by atoms with E-state index in [1.807, 2.05) is 4.98 Å². The van der Waals surface area contributed by atoms with E-state index in [1.54, 1.807) is 0 Å². The Kier molecular flexibility index (Phi) is 3.24. The number of benzene rings is 1. The lowest BCUT2D eigenvalue weighted by atomic mass is 10.0. The van der Waals surface area contributed by atoms with Crippen molar-refractivity contribution in [2.45, 2.75) is 6.92 Å². The number of aromatic amines is 1. The van der Waals surface area contributed by atoms with E-state index in [2.05, 4.69) is 0 Å². The zero-order chi connectivity index (χ0) is 15.0. The molecule has 0 spiro atoms. The van der Waals surface area contributed by atoms with Crippen molar-refractivity contribution in [2.75, 3.05) is 0 Å². The van der Waals surface area contributed by atoms with Gasteiger partial charge in [0.05, 0.1) is 11.1 Å². The first kappa shape index (κ1) is 13.7. The maximum Gasteiger partial charge on any atom is 0.328 e. The van der Waals surface area contributed by atoms with Crippen molar-refractivity contribution in [2.24, 2.45) is 7.05 Å². The van der Waals surface area contributed by atoms with Crippen molar-refractivity contribution in [3.8, 4) is 17.2 Å². The third kappa shape index (κ3) is 2.01. The zero-order valence-electron chi connectivity index (χ0n) is 10.6. The molecule has 0 amide bonds. The van der Waals surface area contributed by atoms with Crippen LogP contribution >= 0.6 is 0 Å². The quantitative estimate of drug-likeness (QED) is 0.850. The van der Waals surface area contributed by atoms with E-state index in [-0.39, 0.29) is 16.8 Å². The van der Waals surface area contributed by atoms with Gasteiger partial charge in [0.2, 0.25) is 0 Å². The number of aromatic nitrogens is 2. The van der Waals surface area contributed by atoms with Crippen LogP contribution in [0.25, 0.3) is 11.1 Å². The summed E-state index contributed by atoms with van der Waals surface area (Å²) in [6, 6.07) is 3.00. The number of H-pyrrole nitrogens is 1. The molecule has 0 aliphatic rings. The van der Waals surface area contributed by atoms with Crippen molar-refractivity contribution in [1.82, 2.24) is 9.55 Å². The second kappa shape index (κ2) is 4.74. The Labute approximate surface area is 111 Å². The Morgan fingerprint density at radius 3 is 2.50 bits per heavy atom. The fourth-order valence-corrected chi connectivity index (χ4v) is 1.87. The van der Waals surface area contributed by atoms with Crippen LogP contribution in [-0.4, -0.2) is 9.55 Å². The molecule has 102 valence electrons. The SMILES string of the molecule is Cc1c(-c2cc(F)c(C#N)cc2F)c(=O)[nH]c(=O)n1C. The molecule has 1 aromatic carbocycles. The topological polar surface area (TPSA) is 78.7 Å². The number of hydrogen-bond acceptors (Lipinski definition) is 3. The molecule has 7 heteroatoms. The average Bonchev–Trinajstić information content (AvgIpc) is 2.39. The summed E-state index contributed by atoms with van der Waals surface area (Å²) < 4.78 is 28.6. The summed E-state index contributed by atoms with van der Waals surface area (Å²) in [5, 5.41) is 8.62. The van der Waals surface area contributed by atoms with E-state index in [9.17, 15) is 18.4 Å². The van der Waals surface area contributed by atoms with E-state index in [4.69, 9.17) is 5.26 Å². The predicted octanol–water partition coefficient (Wildman–Crippen LogP) is 1.20. The van der Waals surface area contributed by atoms with Crippen molar-refractivity contribution >= 4 is 0 Å². The first-order valence-corrected chi connectivity index (χ1v) is 5.56. The fraction of sp³-hybridized carbons (Fsp3) is 0.154. The van der Waals surface area contributed by atoms with Gasteiger partial charge in [-0.15, -0.1) is 0 Å². The Morgan fingerprint density at radius 1 is 1.25 bits per heavy atom. The minimum Gasteiger partial charge on any atom is -0.300 e. The first-order chi connectivity index (χ1) is 9.36. The van der Waals surface area contributed by atoms with Crippen LogP contribution in [0.1, 0.15) is 11.3 Å². The third-order valence-corrected chi connectivity index (χ3v) is 3.06. The van der Waals surface area contributed by atoms with Gasteiger partial charge in [0.15, 0.2) is 0 Å². The van der Waals surface area contributed by atoms with Crippen LogP contribution in [0.5, 0.6) is 0 Å². The van der Waals surface area contributed by atoms with E-state index >= 15 is 0 Å². The van der Waals surface area contributed by atoms with Crippen LogP contribution in [0, 0.1) is 29.9 Å². The van der Waals surface area contributed by atoms with Crippen LogP contribution in [0.15, 0.2) is 21.7 Å². The van der Waals surface area contributed by atoms with Gasteiger partial charge in [-0.3, -0.25) is 9.78 Å². The van der Waals surface area contributed by atoms with Gasteiger partial charge in [-0.25, -0.2) is 13.6 Å². The number of hydrogen-bond donors (Lipinski definition) is 1. The molecule has 1 aromatic heterocycles. The second-order valence-electron chi connectivity index (χ2n) is 4.20. The van der Waals surface area contributed by atoms with Crippen molar-refractivity contribution in [3.05, 3.63) is 55.9 Å². The summed E-state index contributed by atoms with van der Waals surface area (Å²) in [6.07, 6.45) is 0. The maximum atomic E-state index is 13.9. The second-order valence-corrected chi connectivity index (χ2v) is 4.20. The zero-order valence-corrected chi connectivity index (χ0v) is 10.6. The number of rotatable bonds is 1. The van der Waals surface area contributed by atoms with Crippen LogP contribution in [-0.2, 0) is 7.05 Å². The molecule has 0 radical (unpaired) electrons. The Bertz CT molecular complexity index is 860. The van der Waals surface area contributed by atoms with Crippen LogP contribution < -0.4 is 11.2 Å². The van der Waals surface area contributed by atoms with Gasteiger partial charge in [-0.1, -0.05) is 0 Å². The maximum absolute atomic E-state index is 13.9. The van der Waals surface area contributed by atoms with Crippen LogP contribution in [0.2, 0.25) is 0 Å². The number of nitriles is 1. The van der Waals surface area contributed by atoms with Crippen molar-refractivity contribution in [1.29, 1.82) is 5.26 Å². The van der Waals surface area contributed by atoms with Gasteiger partial charge < -0.3 is 4.57 Å². The highest BCUT2D eigenvalue weighted by atomic mass is 19.1. The van der Waals surface area contributed by atoms with Crippen LogP contribution in [0.3, 0.4) is 0 Å². The summed E-state index contributed by atoms with van der Waals surface area (Å²) in [4.78, 5) is 25.2. The molecule has 0 aliphatic heterocycles. The Balaban J connectivity index is 2.87. The monoisotopic (exact) mass is 277 g/mol. The van der Waals surface area contributed by atoms with Gasteiger partial charge >= 0.3 is 5.69 Å². The normalized spacial score (nSPS) is 10.3. The average molecular weight is 277 g/mol. The summed E-state index contributed by atoms with van der Waals surface area (Å²) in [5.74, 6) is -1.84. The van der Waals surface area contributed by atoms with E-state index in [0.717, 1.165) is 10.6 Å².